The Morgan fingerprint density at radius 2 is 2.00 bits per heavy atom. The van der Waals surface area contributed by atoms with E-state index in [1.54, 1.807) is 53.9 Å². The molecule has 2 heterocycles. The molecule has 1 aromatic carbocycles. The van der Waals surface area contributed by atoms with Gasteiger partial charge in [-0.15, -0.1) is 0 Å². The summed E-state index contributed by atoms with van der Waals surface area (Å²) in [6.07, 6.45) is 1.71. The second kappa shape index (κ2) is 5.85. The summed E-state index contributed by atoms with van der Waals surface area (Å²) in [6, 6.07) is 10.2. The van der Waals surface area contributed by atoms with Crippen LogP contribution in [0.25, 0.3) is 5.65 Å². The van der Waals surface area contributed by atoms with E-state index in [4.69, 9.17) is 11.6 Å². The van der Waals surface area contributed by atoms with Crippen molar-refractivity contribution < 1.29 is 9.59 Å². The first-order valence-corrected chi connectivity index (χ1v) is 7.40. The van der Waals surface area contributed by atoms with Gasteiger partial charge in [0.15, 0.2) is 5.78 Å². The number of halogens is 1. The summed E-state index contributed by atoms with van der Waals surface area (Å²) < 4.78 is 1.69. The molecule has 2 aromatic heterocycles. The average Bonchev–Trinajstić information content (AvgIpc) is 2.82. The molecule has 0 aliphatic carbocycles. The largest absolute Gasteiger partial charge is 0.321 e. The SMILES string of the molecule is CC(=O)c1cccc(NC(=O)c2c(C)nc3cc(Cl)ccn23)c1. The van der Waals surface area contributed by atoms with E-state index in [0.29, 0.717) is 33.3 Å². The highest BCUT2D eigenvalue weighted by Crippen LogP contribution is 2.18. The lowest BCUT2D eigenvalue weighted by Gasteiger charge is -2.07. The lowest BCUT2D eigenvalue weighted by atomic mass is 10.1. The van der Waals surface area contributed by atoms with E-state index in [9.17, 15) is 9.59 Å². The second-order valence-corrected chi connectivity index (χ2v) is 5.65. The maximum atomic E-state index is 12.6. The fourth-order valence-electron chi connectivity index (χ4n) is 2.42. The summed E-state index contributed by atoms with van der Waals surface area (Å²) in [5.74, 6) is -0.347. The number of ketones is 1. The van der Waals surface area contributed by atoms with Gasteiger partial charge in [-0.05, 0) is 32.0 Å². The number of hydrogen-bond donors (Lipinski definition) is 1. The first kappa shape index (κ1) is 15.2. The Morgan fingerprint density at radius 3 is 2.74 bits per heavy atom. The van der Waals surface area contributed by atoms with Gasteiger partial charge >= 0.3 is 0 Å². The molecule has 116 valence electrons. The molecular formula is C17H14ClN3O2. The quantitative estimate of drug-likeness (QED) is 0.745. The fourth-order valence-corrected chi connectivity index (χ4v) is 2.57. The summed E-state index contributed by atoms with van der Waals surface area (Å²) in [5, 5.41) is 3.36. The van der Waals surface area contributed by atoms with Crippen molar-refractivity contribution in [3.05, 3.63) is 64.6 Å². The first-order valence-electron chi connectivity index (χ1n) is 7.02. The Labute approximate surface area is 137 Å². The van der Waals surface area contributed by atoms with Gasteiger partial charge in [-0.3, -0.25) is 14.0 Å². The number of pyridine rings is 1. The summed E-state index contributed by atoms with van der Waals surface area (Å²) in [5.41, 5.74) is 2.76. The average molecular weight is 328 g/mol. The van der Waals surface area contributed by atoms with E-state index in [-0.39, 0.29) is 11.7 Å². The van der Waals surface area contributed by atoms with E-state index in [1.165, 1.54) is 6.92 Å². The van der Waals surface area contributed by atoms with Crippen molar-refractivity contribution in [3.63, 3.8) is 0 Å². The Kier molecular flexibility index (Phi) is 3.88. The molecule has 0 fully saturated rings. The van der Waals surface area contributed by atoms with Gasteiger partial charge in [-0.2, -0.15) is 0 Å². The van der Waals surface area contributed by atoms with Crippen LogP contribution in [0.1, 0.15) is 33.5 Å². The lowest BCUT2D eigenvalue weighted by Crippen LogP contribution is -2.15. The van der Waals surface area contributed by atoms with Crippen LogP contribution >= 0.6 is 11.6 Å². The topological polar surface area (TPSA) is 63.5 Å². The van der Waals surface area contributed by atoms with Crippen molar-refractivity contribution in [3.8, 4) is 0 Å². The molecule has 6 heteroatoms. The molecule has 3 aromatic rings. The number of imidazole rings is 1. The molecule has 0 spiro atoms. The highest BCUT2D eigenvalue weighted by atomic mass is 35.5. The summed E-state index contributed by atoms with van der Waals surface area (Å²) >= 11 is 5.95. The fraction of sp³-hybridized carbons (Fsp3) is 0.118. The molecule has 0 aliphatic rings. The number of carbonyl (C=O) groups is 2. The maximum Gasteiger partial charge on any atom is 0.274 e. The smallest absolute Gasteiger partial charge is 0.274 e. The minimum Gasteiger partial charge on any atom is -0.321 e. The molecule has 0 atom stereocenters. The van der Waals surface area contributed by atoms with Crippen LogP contribution in [0.2, 0.25) is 5.02 Å². The third-order valence-electron chi connectivity index (χ3n) is 3.50. The molecule has 0 unspecified atom stereocenters. The van der Waals surface area contributed by atoms with Crippen LogP contribution in [0.15, 0.2) is 42.6 Å². The highest BCUT2D eigenvalue weighted by Gasteiger charge is 2.17. The number of nitrogens with one attached hydrogen (secondary N) is 1. The van der Waals surface area contributed by atoms with E-state index < -0.39 is 0 Å². The monoisotopic (exact) mass is 327 g/mol. The molecular weight excluding hydrogens is 314 g/mol. The van der Waals surface area contributed by atoms with Crippen LogP contribution in [0, 0.1) is 6.92 Å². The van der Waals surface area contributed by atoms with Crippen molar-refractivity contribution in [2.45, 2.75) is 13.8 Å². The summed E-state index contributed by atoms with van der Waals surface area (Å²) in [4.78, 5) is 28.4. The molecule has 0 aliphatic heterocycles. The molecule has 0 radical (unpaired) electrons. The van der Waals surface area contributed by atoms with Gasteiger partial charge in [0.25, 0.3) is 5.91 Å². The molecule has 1 N–H and O–H groups in total. The zero-order valence-electron chi connectivity index (χ0n) is 12.6. The Balaban J connectivity index is 1.96. The number of amides is 1. The zero-order chi connectivity index (χ0) is 16.6. The summed E-state index contributed by atoms with van der Waals surface area (Å²) in [7, 11) is 0. The Morgan fingerprint density at radius 1 is 1.22 bits per heavy atom. The minimum atomic E-state index is -0.293. The van der Waals surface area contributed by atoms with Crippen LogP contribution in [0.4, 0.5) is 5.69 Å². The van der Waals surface area contributed by atoms with Crippen LogP contribution in [0.3, 0.4) is 0 Å². The first-order chi connectivity index (χ1) is 11.0. The lowest BCUT2D eigenvalue weighted by molar-refractivity contribution is 0.100. The molecule has 23 heavy (non-hydrogen) atoms. The van der Waals surface area contributed by atoms with Gasteiger partial charge in [0.05, 0.1) is 5.69 Å². The Hall–Kier alpha value is -2.66. The molecule has 0 saturated carbocycles. The molecule has 0 saturated heterocycles. The van der Waals surface area contributed by atoms with E-state index in [2.05, 4.69) is 10.3 Å². The van der Waals surface area contributed by atoms with Gasteiger partial charge in [0.2, 0.25) is 0 Å². The number of nitrogens with zero attached hydrogens (tertiary/aromatic N) is 2. The van der Waals surface area contributed by atoms with Crippen LogP contribution in [-0.4, -0.2) is 21.1 Å². The highest BCUT2D eigenvalue weighted by molar-refractivity contribution is 6.30. The molecule has 0 bridgehead atoms. The number of fused-ring (bicyclic) bond motifs is 1. The minimum absolute atomic E-state index is 0.0540. The predicted octanol–water partition coefficient (Wildman–Crippen LogP) is 3.75. The van der Waals surface area contributed by atoms with Crippen molar-refractivity contribution >= 4 is 34.6 Å². The van der Waals surface area contributed by atoms with Crippen LogP contribution in [-0.2, 0) is 0 Å². The van der Waals surface area contributed by atoms with E-state index >= 15 is 0 Å². The number of hydrogen-bond acceptors (Lipinski definition) is 3. The van der Waals surface area contributed by atoms with Gasteiger partial charge < -0.3 is 5.32 Å². The van der Waals surface area contributed by atoms with Crippen molar-refractivity contribution in [2.24, 2.45) is 0 Å². The number of benzene rings is 1. The number of rotatable bonds is 3. The van der Waals surface area contributed by atoms with Gasteiger partial charge in [0, 0.05) is 28.5 Å². The van der Waals surface area contributed by atoms with Crippen LogP contribution in [0.5, 0.6) is 0 Å². The number of anilines is 1. The number of carbonyl (C=O) groups excluding carboxylic acids is 2. The predicted molar refractivity (Wildman–Crippen MR) is 89.3 cm³/mol. The molecule has 1 amide bonds. The second-order valence-electron chi connectivity index (χ2n) is 5.21. The third kappa shape index (κ3) is 2.96. The van der Waals surface area contributed by atoms with E-state index in [0.717, 1.165) is 0 Å². The van der Waals surface area contributed by atoms with Crippen LogP contribution < -0.4 is 5.32 Å². The standard InChI is InChI=1S/C17H14ClN3O2/c1-10-16(21-7-6-13(18)9-15(21)19-10)17(23)20-14-5-3-4-12(8-14)11(2)22/h3-9H,1-2H3,(H,20,23). The Bertz CT molecular complexity index is 931. The molecule has 3 rings (SSSR count). The van der Waals surface area contributed by atoms with Gasteiger partial charge in [-0.1, -0.05) is 23.7 Å². The number of aryl methyl sites for hydroxylation is 1. The number of aromatic nitrogens is 2. The third-order valence-corrected chi connectivity index (χ3v) is 3.74. The molecule has 5 nitrogen and oxygen atoms in total. The number of Topliss-reactive ketones (excluding diaryl/α,β-unsaturated/α-hetero) is 1. The normalized spacial score (nSPS) is 10.7. The van der Waals surface area contributed by atoms with Gasteiger partial charge in [0.1, 0.15) is 11.3 Å². The zero-order valence-corrected chi connectivity index (χ0v) is 13.4. The van der Waals surface area contributed by atoms with Gasteiger partial charge in [-0.25, -0.2) is 4.98 Å². The van der Waals surface area contributed by atoms with E-state index in [1.807, 2.05) is 0 Å². The summed E-state index contributed by atoms with van der Waals surface area (Å²) in [6.45, 7) is 3.25. The van der Waals surface area contributed by atoms with Crippen molar-refractivity contribution in [1.29, 1.82) is 0 Å². The maximum absolute atomic E-state index is 12.6. The van der Waals surface area contributed by atoms with Crippen molar-refractivity contribution in [2.75, 3.05) is 5.32 Å². The van der Waals surface area contributed by atoms with Crippen molar-refractivity contribution in [1.82, 2.24) is 9.38 Å².